The minimum atomic E-state index is 0.318. The first kappa shape index (κ1) is 9.77. The molecule has 1 aromatic carbocycles. The fourth-order valence-corrected chi connectivity index (χ4v) is 1.79. The SMILES string of the molecule is C=Cc1ccccc1SOCC1CO1. The lowest BCUT2D eigenvalue weighted by atomic mass is 10.2. The summed E-state index contributed by atoms with van der Waals surface area (Å²) in [6.07, 6.45) is 2.15. The highest BCUT2D eigenvalue weighted by molar-refractivity contribution is 7.94. The monoisotopic (exact) mass is 208 g/mol. The van der Waals surface area contributed by atoms with Crippen LogP contribution in [0.25, 0.3) is 6.08 Å². The zero-order valence-corrected chi connectivity index (χ0v) is 8.63. The molecule has 1 fully saturated rings. The Hall–Kier alpha value is -0.770. The van der Waals surface area contributed by atoms with Gasteiger partial charge in [0.05, 0.1) is 13.2 Å². The summed E-state index contributed by atoms with van der Waals surface area (Å²) >= 11 is 1.39. The van der Waals surface area contributed by atoms with Crippen molar-refractivity contribution in [3.8, 4) is 0 Å². The predicted molar refractivity (Wildman–Crippen MR) is 58.1 cm³/mol. The molecule has 1 saturated heterocycles. The minimum absolute atomic E-state index is 0.318. The topological polar surface area (TPSA) is 21.8 Å². The lowest BCUT2D eigenvalue weighted by Gasteiger charge is -2.03. The van der Waals surface area contributed by atoms with Crippen molar-refractivity contribution in [2.45, 2.75) is 11.0 Å². The van der Waals surface area contributed by atoms with E-state index in [0.717, 1.165) is 17.1 Å². The quantitative estimate of drug-likeness (QED) is 0.548. The fourth-order valence-electron chi connectivity index (χ4n) is 1.06. The Balaban J connectivity index is 1.89. The van der Waals surface area contributed by atoms with Gasteiger partial charge in [-0.15, -0.1) is 0 Å². The van der Waals surface area contributed by atoms with Gasteiger partial charge in [-0.25, -0.2) is 0 Å². The third kappa shape index (κ3) is 2.61. The van der Waals surface area contributed by atoms with Gasteiger partial charge in [-0.05, 0) is 11.6 Å². The second kappa shape index (κ2) is 4.64. The number of hydrogen-bond acceptors (Lipinski definition) is 3. The van der Waals surface area contributed by atoms with Gasteiger partial charge in [0.2, 0.25) is 0 Å². The summed E-state index contributed by atoms with van der Waals surface area (Å²) in [7, 11) is 0. The third-order valence-electron chi connectivity index (χ3n) is 1.94. The molecule has 0 saturated carbocycles. The molecular weight excluding hydrogens is 196 g/mol. The van der Waals surface area contributed by atoms with Gasteiger partial charge in [-0.3, -0.25) is 0 Å². The molecule has 1 aromatic rings. The van der Waals surface area contributed by atoms with Crippen LogP contribution < -0.4 is 0 Å². The first-order valence-electron chi connectivity index (χ1n) is 4.52. The highest BCUT2D eigenvalue weighted by Gasteiger charge is 2.22. The van der Waals surface area contributed by atoms with Crippen LogP contribution in [0.1, 0.15) is 5.56 Å². The molecule has 14 heavy (non-hydrogen) atoms. The van der Waals surface area contributed by atoms with Gasteiger partial charge in [-0.2, -0.15) is 0 Å². The molecule has 0 aliphatic carbocycles. The maximum atomic E-state index is 5.43. The van der Waals surface area contributed by atoms with E-state index in [2.05, 4.69) is 6.58 Å². The first-order chi connectivity index (χ1) is 6.90. The fraction of sp³-hybridized carbons (Fsp3) is 0.273. The molecular formula is C11H12O2S. The van der Waals surface area contributed by atoms with E-state index in [4.69, 9.17) is 8.92 Å². The molecule has 0 N–H and O–H groups in total. The van der Waals surface area contributed by atoms with Crippen LogP contribution >= 0.6 is 12.0 Å². The van der Waals surface area contributed by atoms with Gasteiger partial charge in [0.1, 0.15) is 6.10 Å². The van der Waals surface area contributed by atoms with Crippen molar-refractivity contribution in [3.63, 3.8) is 0 Å². The van der Waals surface area contributed by atoms with Gasteiger partial charge in [0, 0.05) is 16.9 Å². The number of epoxide rings is 1. The summed E-state index contributed by atoms with van der Waals surface area (Å²) in [5.41, 5.74) is 1.11. The van der Waals surface area contributed by atoms with Crippen LogP contribution in [0, 0.1) is 0 Å². The largest absolute Gasteiger partial charge is 0.371 e. The van der Waals surface area contributed by atoms with Crippen LogP contribution in [0.2, 0.25) is 0 Å². The second-order valence-electron chi connectivity index (χ2n) is 3.07. The lowest BCUT2D eigenvalue weighted by molar-refractivity contribution is 0.295. The highest BCUT2D eigenvalue weighted by Crippen LogP contribution is 2.25. The van der Waals surface area contributed by atoms with Crippen molar-refractivity contribution in [3.05, 3.63) is 36.4 Å². The molecule has 1 atom stereocenters. The third-order valence-corrected chi connectivity index (χ3v) is 2.75. The molecule has 1 heterocycles. The summed E-state index contributed by atoms with van der Waals surface area (Å²) in [6.45, 7) is 5.25. The van der Waals surface area contributed by atoms with Gasteiger partial charge >= 0.3 is 0 Å². The molecule has 3 heteroatoms. The van der Waals surface area contributed by atoms with Crippen LogP contribution in [0.5, 0.6) is 0 Å². The van der Waals surface area contributed by atoms with Crippen molar-refractivity contribution in [2.24, 2.45) is 0 Å². The van der Waals surface area contributed by atoms with Crippen molar-refractivity contribution in [1.82, 2.24) is 0 Å². The van der Waals surface area contributed by atoms with E-state index in [1.165, 1.54) is 12.0 Å². The number of benzene rings is 1. The summed E-state index contributed by atoms with van der Waals surface area (Å²) in [6, 6.07) is 8.03. The average Bonchev–Trinajstić information content (AvgIpc) is 3.03. The maximum Gasteiger partial charge on any atom is 0.106 e. The van der Waals surface area contributed by atoms with Crippen LogP contribution in [-0.2, 0) is 8.92 Å². The van der Waals surface area contributed by atoms with Crippen molar-refractivity contribution < 1.29 is 8.92 Å². The summed E-state index contributed by atoms with van der Waals surface area (Å²) in [5.74, 6) is 0. The predicted octanol–water partition coefficient (Wildman–Crippen LogP) is 2.75. The standard InChI is InChI=1S/C11H12O2S/c1-2-9-5-3-4-6-11(9)14-13-8-10-7-12-10/h2-6,10H,1,7-8H2. The number of rotatable bonds is 5. The van der Waals surface area contributed by atoms with Crippen molar-refractivity contribution in [2.75, 3.05) is 13.2 Å². The summed E-state index contributed by atoms with van der Waals surface area (Å²) in [4.78, 5) is 1.10. The van der Waals surface area contributed by atoms with E-state index < -0.39 is 0 Å². The Bertz CT molecular complexity index is 321. The van der Waals surface area contributed by atoms with Crippen LogP contribution in [0.15, 0.2) is 35.7 Å². The average molecular weight is 208 g/mol. The Morgan fingerprint density at radius 1 is 1.57 bits per heavy atom. The molecule has 2 nitrogen and oxygen atoms in total. The normalized spacial score (nSPS) is 19.3. The van der Waals surface area contributed by atoms with Gasteiger partial charge in [0.25, 0.3) is 0 Å². The molecule has 2 rings (SSSR count). The van der Waals surface area contributed by atoms with E-state index in [1.807, 2.05) is 30.3 Å². The van der Waals surface area contributed by atoms with Gasteiger partial charge in [0.15, 0.2) is 0 Å². The van der Waals surface area contributed by atoms with Crippen molar-refractivity contribution in [1.29, 1.82) is 0 Å². The maximum absolute atomic E-state index is 5.43. The minimum Gasteiger partial charge on any atom is -0.371 e. The Morgan fingerprint density at radius 2 is 2.36 bits per heavy atom. The molecule has 0 bridgehead atoms. The van der Waals surface area contributed by atoms with E-state index in [-0.39, 0.29) is 0 Å². The van der Waals surface area contributed by atoms with Crippen molar-refractivity contribution >= 4 is 18.1 Å². The first-order valence-corrected chi connectivity index (χ1v) is 5.27. The van der Waals surface area contributed by atoms with E-state index in [9.17, 15) is 0 Å². The van der Waals surface area contributed by atoms with Gasteiger partial charge < -0.3 is 8.92 Å². The smallest absolute Gasteiger partial charge is 0.106 e. The highest BCUT2D eigenvalue weighted by atomic mass is 32.2. The number of ether oxygens (including phenoxy) is 1. The summed E-state index contributed by atoms with van der Waals surface area (Å²) in [5, 5.41) is 0. The van der Waals surface area contributed by atoms with Gasteiger partial charge in [-0.1, -0.05) is 30.9 Å². The Kier molecular flexibility index (Phi) is 3.24. The Morgan fingerprint density at radius 3 is 3.07 bits per heavy atom. The molecule has 0 spiro atoms. The summed E-state index contributed by atoms with van der Waals surface area (Å²) < 4.78 is 10.5. The number of hydrogen-bond donors (Lipinski definition) is 0. The van der Waals surface area contributed by atoms with Crippen LogP contribution in [0.3, 0.4) is 0 Å². The van der Waals surface area contributed by atoms with E-state index >= 15 is 0 Å². The van der Waals surface area contributed by atoms with E-state index in [1.54, 1.807) is 0 Å². The van der Waals surface area contributed by atoms with Crippen LogP contribution in [0.4, 0.5) is 0 Å². The molecule has 74 valence electrons. The molecule has 1 aliphatic rings. The Labute approximate surface area is 88.1 Å². The zero-order valence-electron chi connectivity index (χ0n) is 7.81. The molecule has 0 amide bonds. The zero-order chi connectivity index (χ0) is 9.80. The molecule has 1 aliphatic heterocycles. The second-order valence-corrected chi connectivity index (χ2v) is 3.91. The van der Waals surface area contributed by atoms with Crippen LogP contribution in [-0.4, -0.2) is 19.3 Å². The molecule has 1 unspecified atom stereocenters. The van der Waals surface area contributed by atoms with E-state index in [0.29, 0.717) is 12.7 Å². The lowest BCUT2D eigenvalue weighted by Crippen LogP contribution is -1.95. The molecule has 0 radical (unpaired) electrons. The molecule has 0 aromatic heterocycles.